The van der Waals surface area contributed by atoms with Gasteiger partial charge in [0.1, 0.15) is 17.1 Å². The zero-order chi connectivity index (χ0) is 25.8. The highest BCUT2D eigenvalue weighted by atomic mass is 32.2. The number of hydrogen-bond acceptors (Lipinski definition) is 8. The van der Waals surface area contributed by atoms with E-state index in [9.17, 15) is 19.5 Å². The van der Waals surface area contributed by atoms with E-state index in [2.05, 4.69) is 0 Å². The van der Waals surface area contributed by atoms with Gasteiger partial charge in [-0.05, 0) is 53.3 Å². The summed E-state index contributed by atoms with van der Waals surface area (Å²) in [4.78, 5) is 40.5. The van der Waals surface area contributed by atoms with Gasteiger partial charge >= 0.3 is 11.7 Å². The number of carboxylic acid groups (broad SMARTS) is 1. The first-order valence-electron chi connectivity index (χ1n) is 10.9. The van der Waals surface area contributed by atoms with Gasteiger partial charge in [0.15, 0.2) is 6.79 Å². The maximum atomic E-state index is 13.4. The van der Waals surface area contributed by atoms with Crippen LogP contribution in [-0.2, 0) is 29.2 Å². The SMILES string of the molecule is COCOc1ccc(-c2sc3c(c2CN)c(=O)n(CC(=O)O)c(=O)n3Cc2ccccc2SC)cc1. The molecule has 0 radical (unpaired) electrons. The summed E-state index contributed by atoms with van der Waals surface area (Å²) in [5.74, 6) is -0.661. The second-order valence-corrected chi connectivity index (χ2v) is 9.68. The monoisotopic (exact) mass is 527 g/mol. The van der Waals surface area contributed by atoms with Gasteiger partial charge in [-0.3, -0.25) is 14.2 Å². The van der Waals surface area contributed by atoms with Gasteiger partial charge < -0.3 is 20.3 Å². The fourth-order valence-corrected chi connectivity index (χ4v) is 5.92. The summed E-state index contributed by atoms with van der Waals surface area (Å²) >= 11 is 2.84. The van der Waals surface area contributed by atoms with E-state index in [4.69, 9.17) is 15.2 Å². The van der Waals surface area contributed by atoms with Crippen LogP contribution in [0.3, 0.4) is 0 Å². The number of nitrogens with zero attached hydrogens (tertiary/aromatic N) is 2. The highest BCUT2D eigenvalue weighted by molar-refractivity contribution is 7.98. The maximum Gasteiger partial charge on any atom is 0.332 e. The standard InChI is InChI=1S/C25H25N3O6S2/c1-33-14-34-17-9-7-15(8-10-17)22-18(11-26)21-23(31)27(13-20(29)30)25(32)28(24(21)36-22)12-16-5-3-4-6-19(16)35-2/h3-10H,11-14,26H2,1-2H3,(H,29,30). The van der Waals surface area contributed by atoms with Crippen molar-refractivity contribution in [3.05, 3.63) is 80.5 Å². The predicted molar refractivity (Wildman–Crippen MR) is 141 cm³/mol. The van der Waals surface area contributed by atoms with Crippen LogP contribution in [0.2, 0.25) is 0 Å². The Morgan fingerprint density at radius 3 is 2.47 bits per heavy atom. The molecule has 0 aliphatic heterocycles. The number of thioether (sulfide) groups is 1. The first-order chi connectivity index (χ1) is 17.4. The predicted octanol–water partition coefficient (Wildman–Crippen LogP) is 3.19. The van der Waals surface area contributed by atoms with Crippen molar-refractivity contribution >= 4 is 39.3 Å². The van der Waals surface area contributed by atoms with Crippen LogP contribution in [0.5, 0.6) is 5.75 Å². The molecule has 4 rings (SSSR count). The van der Waals surface area contributed by atoms with Crippen molar-refractivity contribution in [3.8, 4) is 16.2 Å². The number of aliphatic carboxylic acids is 1. The van der Waals surface area contributed by atoms with Crippen molar-refractivity contribution in [1.82, 2.24) is 9.13 Å². The Kier molecular flexibility index (Phi) is 7.94. The molecule has 0 atom stereocenters. The molecule has 188 valence electrons. The first-order valence-corrected chi connectivity index (χ1v) is 13.0. The van der Waals surface area contributed by atoms with Gasteiger partial charge in [0.2, 0.25) is 0 Å². The minimum absolute atomic E-state index is 0.0408. The van der Waals surface area contributed by atoms with Crippen LogP contribution in [0.15, 0.2) is 63.0 Å². The number of nitrogens with two attached hydrogens (primary N) is 1. The lowest BCUT2D eigenvalue weighted by atomic mass is 10.1. The zero-order valence-corrected chi connectivity index (χ0v) is 21.4. The molecule has 0 aliphatic rings. The van der Waals surface area contributed by atoms with Crippen LogP contribution in [0.4, 0.5) is 0 Å². The molecule has 3 N–H and O–H groups in total. The summed E-state index contributed by atoms with van der Waals surface area (Å²) in [7, 11) is 1.54. The molecular weight excluding hydrogens is 502 g/mol. The average molecular weight is 528 g/mol. The summed E-state index contributed by atoms with van der Waals surface area (Å²) in [5.41, 5.74) is 7.03. The smallest absolute Gasteiger partial charge is 0.332 e. The Morgan fingerprint density at radius 1 is 1.11 bits per heavy atom. The summed E-state index contributed by atoms with van der Waals surface area (Å²) in [6.07, 6.45) is 1.94. The number of carbonyl (C=O) groups is 1. The van der Waals surface area contributed by atoms with Gasteiger partial charge in [-0.15, -0.1) is 23.1 Å². The van der Waals surface area contributed by atoms with Gasteiger partial charge in [0, 0.05) is 23.4 Å². The summed E-state index contributed by atoms with van der Waals surface area (Å²) in [5, 5.41) is 9.66. The molecule has 4 aromatic rings. The number of methoxy groups -OCH3 is 1. The molecule has 9 nitrogen and oxygen atoms in total. The molecule has 2 aromatic carbocycles. The van der Waals surface area contributed by atoms with E-state index in [1.807, 2.05) is 42.7 Å². The minimum Gasteiger partial charge on any atom is -0.480 e. The number of benzene rings is 2. The fourth-order valence-electron chi connectivity index (χ4n) is 3.99. The maximum absolute atomic E-state index is 13.4. The van der Waals surface area contributed by atoms with Crippen LogP contribution in [0.25, 0.3) is 20.7 Å². The number of ether oxygens (including phenoxy) is 2. The van der Waals surface area contributed by atoms with Gasteiger partial charge in [-0.1, -0.05) is 18.2 Å². The van der Waals surface area contributed by atoms with E-state index in [1.165, 1.54) is 23.0 Å². The molecule has 0 bridgehead atoms. The molecule has 2 aromatic heterocycles. The second-order valence-electron chi connectivity index (χ2n) is 7.83. The lowest BCUT2D eigenvalue weighted by Gasteiger charge is -2.13. The third kappa shape index (κ3) is 4.96. The lowest BCUT2D eigenvalue weighted by Crippen LogP contribution is -2.41. The van der Waals surface area contributed by atoms with Crippen LogP contribution < -0.4 is 21.7 Å². The van der Waals surface area contributed by atoms with Crippen molar-refractivity contribution in [3.63, 3.8) is 0 Å². The van der Waals surface area contributed by atoms with Gasteiger partial charge in [-0.25, -0.2) is 9.36 Å². The third-order valence-corrected chi connectivity index (χ3v) is 7.78. The normalized spacial score (nSPS) is 11.2. The van der Waals surface area contributed by atoms with Crippen LogP contribution >= 0.6 is 23.1 Å². The Bertz CT molecular complexity index is 1520. The molecule has 0 spiro atoms. The van der Waals surface area contributed by atoms with E-state index in [-0.39, 0.29) is 25.3 Å². The van der Waals surface area contributed by atoms with Crippen molar-refractivity contribution in [1.29, 1.82) is 0 Å². The van der Waals surface area contributed by atoms with E-state index >= 15 is 0 Å². The Hall–Kier alpha value is -3.38. The first kappa shape index (κ1) is 25.7. The molecule has 11 heteroatoms. The number of rotatable bonds is 10. The lowest BCUT2D eigenvalue weighted by molar-refractivity contribution is -0.137. The molecule has 0 amide bonds. The van der Waals surface area contributed by atoms with Crippen LogP contribution in [0.1, 0.15) is 11.1 Å². The number of aromatic nitrogens is 2. The Morgan fingerprint density at radius 2 is 1.83 bits per heavy atom. The Labute approximate surface area is 214 Å². The van der Waals surface area contributed by atoms with Gasteiger partial charge in [0.05, 0.1) is 11.9 Å². The minimum atomic E-state index is -1.28. The van der Waals surface area contributed by atoms with Gasteiger partial charge in [-0.2, -0.15) is 0 Å². The average Bonchev–Trinajstić information content (AvgIpc) is 3.28. The van der Waals surface area contributed by atoms with E-state index in [0.717, 1.165) is 25.5 Å². The molecule has 2 heterocycles. The van der Waals surface area contributed by atoms with Crippen molar-refractivity contribution in [2.75, 3.05) is 20.2 Å². The second kappa shape index (κ2) is 11.1. The van der Waals surface area contributed by atoms with Crippen LogP contribution in [-0.4, -0.2) is 40.4 Å². The molecule has 0 saturated heterocycles. The topological polar surface area (TPSA) is 126 Å². The fraction of sp³-hybridized carbons (Fsp3) is 0.240. The highest BCUT2D eigenvalue weighted by Crippen LogP contribution is 2.37. The molecule has 0 saturated carbocycles. The summed E-state index contributed by atoms with van der Waals surface area (Å²) in [6, 6.07) is 14.9. The Balaban J connectivity index is 1.97. The summed E-state index contributed by atoms with van der Waals surface area (Å²) in [6.45, 7) is -0.402. The van der Waals surface area contributed by atoms with E-state index in [0.29, 0.717) is 16.1 Å². The largest absolute Gasteiger partial charge is 0.480 e. The molecule has 36 heavy (non-hydrogen) atoms. The highest BCUT2D eigenvalue weighted by Gasteiger charge is 2.23. The van der Waals surface area contributed by atoms with Crippen molar-refractivity contribution in [2.45, 2.75) is 24.5 Å². The summed E-state index contributed by atoms with van der Waals surface area (Å²) < 4.78 is 12.6. The van der Waals surface area contributed by atoms with E-state index in [1.54, 1.807) is 23.9 Å². The van der Waals surface area contributed by atoms with Crippen LogP contribution in [0, 0.1) is 0 Å². The third-order valence-electron chi connectivity index (χ3n) is 5.63. The zero-order valence-electron chi connectivity index (χ0n) is 19.7. The quantitative estimate of drug-likeness (QED) is 0.238. The molecular formula is C25H25N3O6S2. The van der Waals surface area contributed by atoms with Crippen molar-refractivity contribution < 1.29 is 19.4 Å². The number of fused-ring (bicyclic) bond motifs is 1. The van der Waals surface area contributed by atoms with Gasteiger partial charge in [0.25, 0.3) is 5.56 Å². The number of carboxylic acids is 1. The molecule has 0 aliphatic carbocycles. The molecule has 0 unspecified atom stereocenters. The number of hydrogen-bond donors (Lipinski definition) is 2. The molecule has 0 fully saturated rings. The van der Waals surface area contributed by atoms with Crippen molar-refractivity contribution in [2.24, 2.45) is 5.73 Å². The number of thiophene rings is 1. The van der Waals surface area contributed by atoms with E-state index < -0.39 is 23.8 Å².